The number of rotatable bonds is 3. The summed E-state index contributed by atoms with van der Waals surface area (Å²) >= 11 is 13.0. The third-order valence-electron chi connectivity index (χ3n) is 2.14. The molecule has 0 fully saturated rings. The molecule has 5 nitrogen and oxygen atoms in total. The maximum Gasteiger partial charge on any atom is 0.358 e. The molecular weight excluding hydrogens is 309 g/mol. The average Bonchev–Trinajstić information content (AvgIpc) is 2.79. The zero-order valence-electron chi connectivity index (χ0n) is 9.81. The van der Waals surface area contributed by atoms with Crippen LogP contribution < -0.4 is 5.73 Å². The Balaban J connectivity index is 2.50. The van der Waals surface area contributed by atoms with Crippen LogP contribution in [-0.4, -0.2) is 22.5 Å². The van der Waals surface area contributed by atoms with Gasteiger partial charge in [-0.1, -0.05) is 23.2 Å². The van der Waals surface area contributed by atoms with Crippen LogP contribution in [-0.2, 0) is 4.74 Å². The maximum absolute atomic E-state index is 11.7. The van der Waals surface area contributed by atoms with Crippen molar-refractivity contribution in [3.8, 4) is 10.7 Å². The molecule has 0 aliphatic heterocycles. The summed E-state index contributed by atoms with van der Waals surface area (Å²) in [6, 6.07) is 3.45. The first-order valence-corrected chi connectivity index (χ1v) is 6.86. The fraction of sp³-hybridized carbons (Fsp3) is 0.182. The van der Waals surface area contributed by atoms with E-state index in [0.29, 0.717) is 15.0 Å². The Bertz CT molecular complexity index is 630. The monoisotopic (exact) mass is 317 g/mol. The molecule has 0 saturated carbocycles. The van der Waals surface area contributed by atoms with Crippen LogP contribution in [0.25, 0.3) is 10.7 Å². The number of nitrogens with zero attached hydrogens (tertiary/aromatic N) is 2. The van der Waals surface area contributed by atoms with Crippen molar-refractivity contribution in [2.45, 2.75) is 6.92 Å². The van der Waals surface area contributed by atoms with Crippen molar-refractivity contribution < 1.29 is 9.53 Å². The fourth-order valence-corrected chi connectivity index (χ4v) is 2.48. The van der Waals surface area contributed by atoms with Crippen molar-refractivity contribution in [1.82, 2.24) is 9.97 Å². The predicted molar refractivity (Wildman–Crippen MR) is 75.7 cm³/mol. The van der Waals surface area contributed by atoms with Gasteiger partial charge >= 0.3 is 5.97 Å². The van der Waals surface area contributed by atoms with E-state index in [2.05, 4.69) is 9.97 Å². The Morgan fingerprint density at radius 2 is 2.16 bits per heavy atom. The normalized spacial score (nSPS) is 10.5. The Morgan fingerprint density at radius 3 is 2.74 bits per heavy atom. The minimum atomic E-state index is -0.634. The van der Waals surface area contributed by atoms with Crippen molar-refractivity contribution in [3.63, 3.8) is 0 Å². The molecule has 2 N–H and O–H groups in total. The second-order valence-electron chi connectivity index (χ2n) is 3.42. The number of hydrogen-bond acceptors (Lipinski definition) is 6. The first kappa shape index (κ1) is 14.0. The van der Waals surface area contributed by atoms with Crippen LogP contribution in [0.4, 0.5) is 5.82 Å². The van der Waals surface area contributed by atoms with Crippen LogP contribution in [0, 0.1) is 0 Å². The zero-order valence-corrected chi connectivity index (χ0v) is 12.1. The highest BCUT2D eigenvalue weighted by molar-refractivity contribution is 7.19. The number of nitrogen functional groups attached to an aromatic ring is 1. The van der Waals surface area contributed by atoms with Gasteiger partial charge in [0.2, 0.25) is 0 Å². The molecule has 100 valence electrons. The van der Waals surface area contributed by atoms with E-state index < -0.39 is 5.97 Å². The molecule has 2 rings (SSSR count). The van der Waals surface area contributed by atoms with E-state index in [0.717, 1.165) is 0 Å². The quantitative estimate of drug-likeness (QED) is 0.879. The Morgan fingerprint density at radius 1 is 1.42 bits per heavy atom. The minimum Gasteiger partial charge on any atom is -0.461 e. The molecule has 0 aliphatic carbocycles. The van der Waals surface area contributed by atoms with Crippen LogP contribution in [0.5, 0.6) is 0 Å². The molecule has 0 aliphatic rings. The van der Waals surface area contributed by atoms with Crippen LogP contribution in [0.1, 0.15) is 17.4 Å². The Labute approximate surface area is 123 Å². The summed E-state index contributed by atoms with van der Waals surface area (Å²) in [5.41, 5.74) is 5.63. The van der Waals surface area contributed by atoms with Gasteiger partial charge in [0, 0.05) is 0 Å². The van der Waals surface area contributed by atoms with E-state index in [1.54, 1.807) is 19.1 Å². The molecule has 0 amide bonds. The van der Waals surface area contributed by atoms with Crippen LogP contribution in [0.2, 0.25) is 9.36 Å². The summed E-state index contributed by atoms with van der Waals surface area (Å²) in [5.74, 6) is -0.313. The van der Waals surface area contributed by atoms with Gasteiger partial charge in [-0.3, -0.25) is 0 Å². The lowest BCUT2D eigenvalue weighted by atomic mass is 10.3. The van der Waals surface area contributed by atoms with Crippen LogP contribution in [0.15, 0.2) is 12.1 Å². The number of esters is 1. The zero-order chi connectivity index (χ0) is 14.0. The van der Waals surface area contributed by atoms with Gasteiger partial charge in [-0.2, -0.15) is 0 Å². The highest BCUT2D eigenvalue weighted by atomic mass is 35.5. The van der Waals surface area contributed by atoms with Crippen LogP contribution >= 0.6 is 34.5 Å². The number of nitrogens with two attached hydrogens (primary N) is 1. The SMILES string of the molecule is CCOC(=O)c1nc(-c2ccc(Cl)s2)nc(N)c1Cl. The van der Waals surface area contributed by atoms with E-state index in [1.165, 1.54) is 11.3 Å². The molecule has 0 radical (unpaired) electrons. The second-order valence-corrected chi connectivity index (χ2v) is 5.51. The Hall–Kier alpha value is -1.37. The molecule has 8 heteroatoms. The number of carbonyl (C=O) groups excluding carboxylic acids is 1. The summed E-state index contributed by atoms with van der Waals surface area (Å²) < 4.78 is 5.46. The first-order chi connectivity index (χ1) is 9.02. The first-order valence-electron chi connectivity index (χ1n) is 5.28. The number of anilines is 1. The van der Waals surface area contributed by atoms with Gasteiger partial charge in [0.05, 0.1) is 15.8 Å². The molecule has 0 spiro atoms. The lowest BCUT2D eigenvalue weighted by Crippen LogP contribution is -2.11. The second kappa shape index (κ2) is 5.73. The van der Waals surface area contributed by atoms with Crippen molar-refractivity contribution in [3.05, 3.63) is 27.2 Å². The molecule has 0 bridgehead atoms. The van der Waals surface area contributed by atoms with E-state index in [-0.39, 0.29) is 23.1 Å². The van der Waals surface area contributed by atoms with Gasteiger partial charge in [-0.25, -0.2) is 14.8 Å². The average molecular weight is 318 g/mol. The summed E-state index contributed by atoms with van der Waals surface area (Å²) in [4.78, 5) is 20.6. The lowest BCUT2D eigenvalue weighted by Gasteiger charge is -2.07. The van der Waals surface area contributed by atoms with Crippen molar-refractivity contribution in [2.75, 3.05) is 12.3 Å². The van der Waals surface area contributed by atoms with Crippen molar-refractivity contribution >= 4 is 46.3 Å². The summed E-state index contributed by atoms with van der Waals surface area (Å²) in [6.07, 6.45) is 0. The molecule has 2 heterocycles. The van der Waals surface area contributed by atoms with Gasteiger partial charge < -0.3 is 10.5 Å². The highest BCUT2D eigenvalue weighted by Crippen LogP contribution is 2.31. The third-order valence-corrected chi connectivity index (χ3v) is 3.74. The minimum absolute atomic E-state index is 0.00940. The van der Waals surface area contributed by atoms with E-state index in [4.69, 9.17) is 33.7 Å². The topological polar surface area (TPSA) is 78.1 Å². The largest absolute Gasteiger partial charge is 0.461 e. The fourth-order valence-electron chi connectivity index (χ4n) is 1.34. The van der Waals surface area contributed by atoms with Crippen LogP contribution in [0.3, 0.4) is 0 Å². The smallest absolute Gasteiger partial charge is 0.358 e. The van der Waals surface area contributed by atoms with Gasteiger partial charge in [-0.15, -0.1) is 11.3 Å². The molecule has 2 aromatic heterocycles. The van der Waals surface area contributed by atoms with Gasteiger partial charge in [0.15, 0.2) is 11.5 Å². The lowest BCUT2D eigenvalue weighted by molar-refractivity contribution is 0.0519. The number of aromatic nitrogens is 2. The van der Waals surface area contributed by atoms with Gasteiger partial charge in [0.25, 0.3) is 0 Å². The van der Waals surface area contributed by atoms with E-state index >= 15 is 0 Å². The summed E-state index contributed by atoms with van der Waals surface area (Å²) in [7, 11) is 0. The standard InChI is InChI=1S/C11H9Cl2N3O2S/c1-2-18-11(17)8-7(13)9(14)16-10(15-8)5-3-4-6(12)19-5/h3-4H,2H2,1H3,(H2,14,15,16). The molecule has 2 aromatic rings. The number of carbonyl (C=O) groups is 1. The van der Waals surface area contributed by atoms with Gasteiger partial charge in [-0.05, 0) is 19.1 Å². The molecule has 0 atom stereocenters. The molecule has 0 aromatic carbocycles. The molecule has 19 heavy (non-hydrogen) atoms. The Kier molecular flexibility index (Phi) is 4.24. The number of thiophene rings is 1. The van der Waals surface area contributed by atoms with Crippen molar-refractivity contribution in [2.24, 2.45) is 0 Å². The maximum atomic E-state index is 11.7. The van der Waals surface area contributed by atoms with Gasteiger partial charge in [0.1, 0.15) is 10.8 Å². The molecule has 0 saturated heterocycles. The summed E-state index contributed by atoms with van der Waals surface area (Å²) in [5, 5.41) is -0.00940. The van der Waals surface area contributed by atoms with E-state index in [1.807, 2.05) is 0 Å². The number of hydrogen-bond donors (Lipinski definition) is 1. The number of ether oxygens (including phenoxy) is 1. The highest BCUT2D eigenvalue weighted by Gasteiger charge is 2.19. The molecule has 0 unspecified atom stereocenters. The third kappa shape index (κ3) is 2.97. The summed E-state index contributed by atoms with van der Waals surface area (Å²) in [6.45, 7) is 1.91. The number of halogens is 2. The van der Waals surface area contributed by atoms with E-state index in [9.17, 15) is 4.79 Å². The molecular formula is C11H9Cl2N3O2S. The predicted octanol–water partition coefficient (Wildman–Crippen LogP) is 3.27. The van der Waals surface area contributed by atoms with Crippen molar-refractivity contribution in [1.29, 1.82) is 0 Å².